The van der Waals surface area contributed by atoms with E-state index in [2.05, 4.69) is 26.3 Å². The Morgan fingerprint density at radius 3 is 2.65 bits per heavy atom. The fourth-order valence-corrected chi connectivity index (χ4v) is 2.74. The van der Waals surface area contributed by atoms with Gasteiger partial charge in [-0.1, -0.05) is 34.1 Å². The Morgan fingerprint density at radius 2 is 2.10 bits per heavy atom. The van der Waals surface area contributed by atoms with E-state index in [9.17, 15) is 4.79 Å². The molecule has 0 aliphatic heterocycles. The predicted octanol–water partition coefficient (Wildman–Crippen LogP) is 2.56. The number of aromatic nitrogens is 2. The number of amides is 1. The van der Waals surface area contributed by atoms with Crippen LogP contribution in [0.4, 0.5) is 5.69 Å². The number of halogens is 1. The lowest BCUT2D eigenvalue weighted by Gasteiger charge is -2.16. The zero-order chi connectivity index (χ0) is 14.9. The Labute approximate surface area is 126 Å². The molecular formula is C14H17BrN4O. The van der Waals surface area contributed by atoms with Crippen LogP contribution in [0.2, 0.25) is 0 Å². The molecule has 1 aromatic carbocycles. The van der Waals surface area contributed by atoms with Crippen molar-refractivity contribution in [1.29, 1.82) is 0 Å². The number of hydrogen-bond donors (Lipinski definition) is 2. The van der Waals surface area contributed by atoms with Gasteiger partial charge in [-0.15, -0.1) is 0 Å². The van der Waals surface area contributed by atoms with E-state index in [1.807, 2.05) is 31.2 Å². The second-order valence-electron chi connectivity index (χ2n) is 4.69. The summed E-state index contributed by atoms with van der Waals surface area (Å²) in [4.78, 5) is 12.3. The topological polar surface area (TPSA) is 72.9 Å². The molecule has 2 aromatic rings. The molecule has 0 aliphatic carbocycles. The number of rotatable bonds is 3. The molecule has 106 valence electrons. The van der Waals surface area contributed by atoms with Crippen molar-refractivity contribution in [3.8, 4) is 0 Å². The van der Waals surface area contributed by atoms with E-state index in [-0.39, 0.29) is 11.9 Å². The van der Waals surface area contributed by atoms with Gasteiger partial charge in [0.2, 0.25) is 0 Å². The lowest BCUT2D eigenvalue weighted by Crippen LogP contribution is -2.29. The van der Waals surface area contributed by atoms with Crippen LogP contribution in [0.5, 0.6) is 0 Å². The molecular weight excluding hydrogens is 320 g/mol. The Morgan fingerprint density at radius 1 is 1.45 bits per heavy atom. The van der Waals surface area contributed by atoms with Crippen molar-refractivity contribution in [2.75, 3.05) is 5.73 Å². The van der Waals surface area contributed by atoms with Gasteiger partial charge >= 0.3 is 0 Å². The normalized spacial score (nSPS) is 12.2. The third kappa shape index (κ3) is 2.70. The van der Waals surface area contributed by atoms with Crippen molar-refractivity contribution < 1.29 is 4.79 Å². The predicted molar refractivity (Wildman–Crippen MR) is 82.4 cm³/mol. The lowest BCUT2D eigenvalue weighted by molar-refractivity contribution is 0.0931. The number of benzene rings is 1. The van der Waals surface area contributed by atoms with Gasteiger partial charge in [-0.3, -0.25) is 9.48 Å². The Hall–Kier alpha value is -1.82. The van der Waals surface area contributed by atoms with Crippen LogP contribution < -0.4 is 11.1 Å². The standard InChI is InChI=1S/C14H17BrN4O/c1-8(10-6-4-5-7-11(10)15)17-14(20)13-12(16)9(2)18-19(13)3/h4-8H,16H2,1-3H3,(H,17,20). The van der Waals surface area contributed by atoms with Crippen LogP contribution in [0.25, 0.3) is 0 Å². The summed E-state index contributed by atoms with van der Waals surface area (Å²) in [5.41, 5.74) is 8.38. The van der Waals surface area contributed by atoms with Crippen LogP contribution in [0.15, 0.2) is 28.7 Å². The van der Waals surface area contributed by atoms with Crippen molar-refractivity contribution in [2.24, 2.45) is 7.05 Å². The minimum Gasteiger partial charge on any atom is -0.395 e. The van der Waals surface area contributed by atoms with Gasteiger partial charge in [-0.25, -0.2) is 0 Å². The fourth-order valence-electron chi connectivity index (χ4n) is 2.11. The van der Waals surface area contributed by atoms with E-state index in [1.54, 1.807) is 14.0 Å². The largest absolute Gasteiger partial charge is 0.395 e. The maximum atomic E-state index is 12.3. The highest BCUT2D eigenvalue weighted by atomic mass is 79.9. The first kappa shape index (κ1) is 14.6. The van der Waals surface area contributed by atoms with Crippen LogP contribution in [0, 0.1) is 6.92 Å². The number of hydrogen-bond acceptors (Lipinski definition) is 3. The fraction of sp³-hybridized carbons (Fsp3) is 0.286. The molecule has 0 bridgehead atoms. The van der Waals surface area contributed by atoms with Gasteiger partial charge < -0.3 is 11.1 Å². The summed E-state index contributed by atoms with van der Waals surface area (Å²) in [6.07, 6.45) is 0. The maximum Gasteiger partial charge on any atom is 0.272 e. The first-order valence-electron chi connectivity index (χ1n) is 6.26. The highest BCUT2D eigenvalue weighted by molar-refractivity contribution is 9.10. The Balaban J connectivity index is 2.22. The molecule has 5 nitrogen and oxygen atoms in total. The number of carbonyl (C=O) groups is 1. The summed E-state index contributed by atoms with van der Waals surface area (Å²) in [6.45, 7) is 3.71. The van der Waals surface area contributed by atoms with E-state index in [0.29, 0.717) is 17.1 Å². The maximum absolute atomic E-state index is 12.3. The van der Waals surface area contributed by atoms with E-state index in [1.165, 1.54) is 4.68 Å². The van der Waals surface area contributed by atoms with Gasteiger partial charge in [0.25, 0.3) is 5.91 Å². The molecule has 6 heteroatoms. The van der Waals surface area contributed by atoms with Crippen molar-refractivity contribution >= 4 is 27.5 Å². The van der Waals surface area contributed by atoms with Gasteiger partial charge in [0.1, 0.15) is 5.69 Å². The molecule has 1 aromatic heterocycles. The highest BCUT2D eigenvalue weighted by Gasteiger charge is 2.20. The third-order valence-electron chi connectivity index (χ3n) is 3.20. The SMILES string of the molecule is Cc1nn(C)c(C(=O)NC(C)c2ccccc2Br)c1N. The highest BCUT2D eigenvalue weighted by Crippen LogP contribution is 2.23. The van der Waals surface area contributed by atoms with Crippen molar-refractivity contribution in [2.45, 2.75) is 19.9 Å². The van der Waals surface area contributed by atoms with Crippen LogP contribution >= 0.6 is 15.9 Å². The number of carbonyl (C=O) groups excluding carboxylic acids is 1. The summed E-state index contributed by atoms with van der Waals surface area (Å²) in [7, 11) is 1.71. The first-order chi connectivity index (χ1) is 9.41. The van der Waals surface area contributed by atoms with Gasteiger partial charge in [-0.2, -0.15) is 5.10 Å². The second-order valence-corrected chi connectivity index (χ2v) is 5.54. The van der Waals surface area contributed by atoms with Gasteiger partial charge in [0, 0.05) is 11.5 Å². The van der Waals surface area contributed by atoms with Crippen LogP contribution in [0.1, 0.15) is 34.7 Å². The van der Waals surface area contributed by atoms with Gasteiger partial charge in [-0.05, 0) is 25.5 Å². The van der Waals surface area contributed by atoms with Crippen LogP contribution in [0.3, 0.4) is 0 Å². The molecule has 1 heterocycles. The Bertz CT molecular complexity index is 651. The average Bonchev–Trinajstić information content (AvgIpc) is 2.63. The number of aryl methyl sites for hydroxylation is 2. The molecule has 0 saturated carbocycles. The smallest absolute Gasteiger partial charge is 0.272 e. The second kappa shape index (κ2) is 5.66. The molecule has 2 rings (SSSR count). The van der Waals surface area contributed by atoms with Crippen molar-refractivity contribution in [3.05, 3.63) is 45.7 Å². The quantitative estimate of drug-likeness (QED) is 0.904. The Kier molecular flexibility index (Phi) is 4.13. The third-order valence-corrected chi connectivity index (χ3v) is 3.93. The summed E-state index contributed by atoms with van der Waals surface area (Å²) in [5, 5.41) is 7.09. The monoisotopic (exact) mass is 336 g/mol. The number of nitrogen functional groups attached to an aromatic ring is 1. The van der Waals surface area contributed by atoms with E-state index >= 15 is 0 Å². The molecule has 0 spiro atoms. The van der Waals surface area contributed by atoms with E-state index < -0.39 is 0 Å². The van der Waals surface area contributed by atoms with E-state index in [4.69, 9.17) is 5.73 Å². The average molecular weight is 337 g/mol. The molecule has 1 amide bonds. The number of nitrogens with zero attached hydrogens (tertiary/aromatic N) is 2. The molecule has 20 heavy (non-hydrogen) atoms. The molecule has 1 unspecified atom stereocenters. The minimum atomic E-state index is -0.228. The summed E-state index contributed by atoms with van der Waals surface area (Å²) >= 11 is 3.48. The van der Waals surface area contributed by atoms with Crippen LogP contribution in [-0.2, 0) is 7.05 Å². The van der Waals surface area contributed by atoms with Gasteiger partial charge in [0.05, 0.1) is 17.4 Å². The van der Waals surface area contributed by atoms with Crippen LogP contribution in [-0.4, -0.2) is 15.7 Å². The molecule has 0 saturated heterocycles. The minimum absolute atomic E-state index is 0.132. The van der Waals surface area contributed by atoms with E-state index in [0.717, 1.165) is 10.0 Å². The lowest BCUT2D eigenvalue weighted by atomic mass is 10.1. The molecule has 0 radical (unpaired) electrons. The number of anilines is 1. The summed E-state index contributed by atoms with van der Waals surface area (Å²) in [5.74, 6) is -0.228. The molecule has 0 aliphatic rings. The zero-order valence-corrected chi connectivity index (χ0v) is 13.2. The molecule has 1 atom stereocenters. The number of nitrogens with two attached hydrogens (primary N) is 1. The zero-order valence-electron chi connectivity index (χ0n) is 11.6. The molecule has 0 fully saturated rings. The molecule has 3 N–H and O–H groups in total. The first-order valence-corrected chi connectivity index (χ1v) is 7.05. The summed E-state index contributed by atoms with van der Waals surface area (Å²) in [6, 6.07) is 7.65. The van der Waals surface area contributed by atoms with Gasteiger partial charge in [0.15, 0.2) is 0 Å². The van der Waals surface area contributed by atoms with Crippen molar-refractivity contribution in [1.82, 2.24) is 15.1 Å². The van der Waals surface area contributed by atoms with Crippen molar-refractivity contribution in [3.63, 3.8) is 0 Å². The summed E-state index contributed by atoms with van der Waals surface area (Å²) < 4.78 is 2.47. The number of nitrogens with one attached hydrogen (secondary N) is 1.